The van der Waals surface area contributed by atoms with Gasteiger partial charge in [0, 0.05) is 44.8 Å². The van der Waals surface area contributed by atoms with Gasteiger partial charge < -0.3 is 15.5 Å². The van der Waals surface area contributed by atoms with E-state index in [0.717, 1.165) is 12.0 Å². The number of hydrogen-bond acceptors (Lipinski definition) is 4. The number of benzene rings is 1. The highest BCUT2D eigenvalue weighted by atomic mass is 35.5. The normalized spacial score (nSPS) is 19.0. The number of carbonyl (C=O) groups is 2. The minimum atomic E-state index is -4.43. The molecule has 29 heavy (non-hydrogen) atoms. The Bertz CT molecular complexity index is 711. The van der Waals surface area contributed by atoms with Crippen LogP contribution in [-0.2, 0) is 16.0 Å². The number of amides is 2. The summed E-state index contributed by atoms with van der Waals surface area (Å²) in [5, 5.41) is 5.41. The van der Waals surface area contributed by atoms with Gasteiger partial charge in [-0.3, -0.25) is 14.5 Å². The first-order valence-electron chi connectivity index (χ1n) is 9.52. The Balaban J connectivity index is 0.00000300. The molecule has 2 heterocycles. The molecule has 0 radical (unpaired) electrons. The van der Waals surface area contributed by atoms with Crippen LogP contribution in [-0.4, -0.2) is 68.2 Å². The van der Waals surface area contributed by atoms with Gasteiger partial charge >= 0.3 is 6.18 Å². The molecule has 162 valence electrons. The molecule has 6 nitrogen and oxygen atoms in total. The predicted molar refractivity (Wildman–Crippen MR) is 106 cm³/mol. The summed E-state index contributed by atoms with van der Waals surface area (Å²) in [7, 11) is 0. The van der Waals surface area contributed by atoms with Crippen molar-refractivity contribution in [2.75, 3.05) is 44.2 Å². The van der Waals surface area contributed by atoms with Crippen LogP contribution in [0.15, 0.2) is 24.3 Å². The number of rotatable bonds is 5. The number of fused-ring (bicyclic) bond motifs is 1. The van der Waals surface area contributed by atoms with E-state index in [1.165, 1.54) is 9.80 Å². The van der Waals surface area contributed by atoms with Crippen molar-refractivity contribution in [3.05, 3.63) is 29.8 Å². The van der Waals surface area contributed by atoms with Crippen molar-refractivity contribution >= 4 is 29.9 Å². The number of carbonyl (C=O) groups excluding carboxylic acids is 2. The van der Waals surface area contributed by atoms with E-state index < -0.39 is 24.7 Å². The lowest BCUT2D eigenvalue weighted by Crippen LogP contribution is -2.58. The molecule has 0 bridgehead atoms. The highest BCUT2D eigenvalue weighted by Gasteiger charge is 2.43. The van der Waals surface area contributed by atoms with Crippen molar-refractivity contribution in [1.29, 1.82) is 0 Å². The van der Waals surface area contributed by atoms with Gasteiger partial charge in [-0.1, -0.05) is 18.2 Å². The number of alkyl halides is 3. The van der Waals surface area contributed by atoms with Crippen LogP contribution in [0, 0.1) is 0 Å². The molecule has 0 aromatic heterocycles. The topological polar surface area (TPSA) is 64.7 Å². The number of para-hydroxylation sites is 1. The molecular formula is C19H26ClF3N4O2. The largest absolute Gasteiger partial charge is 0.405 e. The molecule has 0 spiro atoms. The zero-order chi connectivity index (χ0) is 20.1. The number of hydrogen-bond donors (Lipinski definition) is 2. The molecule has 2 amide bonds. The monoisotopic (exact) mass is 434 g/mol. The number of piperazine rings is 1. The average Bonchev–Trinajstić information content (AvgIpc) is 2.81. The Morgan fingerprint density at radius 3 is 2.55 bits per heavy atom. The fourth-order valence-corrected chi connectivity index (χ4v) is 3.71. The number of nitrogens with one attached hydrogen (secondary N) is 2. The van der Waals surface area contributed by atoms with Crippen molar-refractivity contribution in [2.45, 2.75) is 31.5 Å². The lowest BCUT2D eigenvalue weighted by Gasteiger charge is -2.36. The third-order valence-electron chi connectivity index (χ3n) is 5.18. The van der Waals surface area contributed by atoms with E-state index in [2.05, 4.69) is 10.6 Å². The molecule has 1 aromatic carbocycles. The number of nitrogens with zero attached hydrogens (tertiary/aromatic N) is 2. The van der Waals surface area contributed by atoms with Crippen LogP contribution in [0.5, 0.6) is 0 Å². The lowest BCUT2D eigenvalue weighted by atomic mass is 10.1. The van der Waals surface area contributed by atoms with Gasteiger partial charge in [0.05, 0.1) is 0 Å². The highest BCUT2D eigenvalue weighted by Crippen LogP contribution is 2.27. The van der Waals surface area contributed by atoms with Crippen LogP contribution >= 0.6 is 12.4 Å². The molecule has 1 atom stereocenters. The zero-order valence-electron chi connectivity index (χ0n) is 16.0. The number of aryl methyl sites for hydroxylation is 1. The first-order valence-corrected chi connectivity index (χ1v) is 9.52. The van der Waals surface area contributed by atoms with Gasteiger partial charge in [-0.25, -0.2) is 0 Å². The second-order valence-corrected chi connectivity index (χ2v) is 7.11. The van der Waals surface area contributed by atoms with Gasteiger partial charge in [-0.15, -0.1) is 12.4 Å². The molecule has 1 unspecified atom stereocenters. The van der Waals surface area contributed by atoms with Crippen molar-refractivity contribution in [3.8, 4) is 0 Å². The Kier molecular flexibility index (Phi) is 8.30. The van der Waals surface area contributed by atoms with Gasteiger partial charge in [-0.2, -0.15) is 13.2 Å². The van der Waals surface area contributed by atoms with Crippen molar-refractivity contribution in [1.82, 2.24) is 15.5 Å². The van der Waals surface area contributed by atoms with Gasteiger partial charge in [0.15, 0.2) is 0 Å². The van der Waals surface area contributed by atoms with Crippen molar-refractivity contribution in [2.24, 2.45) is 0 Å². The zero-order valence-corrected chi connectivity index (χ0v) is 16.8. The second kappa shape index (κ2) is 10.3. The SMILES string of the molecule is Cl.O=C(CN1C(=O)CCCc2ccccc21)NCC(N1CCNCC1)C(F)(F)F. The van der Waals surface area contributed by atoms with Crippen LogP contribution in [0.2, 0.25) is 0 Å². The molecule has 1 saturated heterocycles. The van der Waals surface area contributed by atoms with Gasteiger partial charge in [0.1, 0.15) is 12.6 Å². The summed E-state index contributed by atoms with van der Waals surface area (Å²) in [4.78, 5) is 27.5. The summed E-state index contributed by atoms with van der Waals surface area (Å²) < 4.78 is 40.3. The predicted octanol–water partition coefficient (Wildman–Crippen LogP) is 1.73. The molecule has 1 aromatic rings. The Morgan fingerprint density at radius 1 is 1.17 bits per heavy atom. The minimum absolute atomic E-state index is 0. The molecule has 2 aliphatic heterocycles. The van der Waals surface area contributed by atoms with Crippen molar-refractivity contribution in [3.63, 3.8) is 0 Å². The second-order valence-electron chi connectivity index (χ2n) is 7.11. The summed E-state index contributed by atoms with van der Waals surface area (Å²) in [6.07, 6.45) is -2.70. The quantitative estimate of drug-likeness (QED) is 0.741. The van der Waals surface area contributed by atoms with E-state index in [0.29, 0.717) is 31.6 Å². The average molecular weight is 435 g/mol. The minimum Gasteiger partial charge on any atom is -0.353 e. The number of halogens is 4. The number of anilines is 1. The van der Waals surface area contributed by atoms with Gasteiger partial charge in [0.2, 0.25) is 11.8 Å². The molecule has 2 N–H and O–H groups in total. The summed E-state index contributed by atoms with van der Waals surface area (Å²) >= 11 is 0. The molecule has 2 aliphatic rings. The lowest BCUT2D eigenvalue weighted by molar-refractivity contribution is -0.184. The Morgan fingerprint density at radius 2 is 1.86 bits per heavy atom. The molecular weight excluding hydrogens is 409 g/mol. The van der Waals surface area contributed by atoms with Crippen LogP contribution in [0.25, 0.3) is 0 Å². The smallest absolute Gasteiger partial charge is 0.353 e. The molecule has 3 rings (SSSR count). The Hall–Kier alpha value is -1.84. The first-order chi connectivity index (χ1) is 13.4. The fourth-order valence-electron chi connectivity index (χ4n) is 3.71. The van der Waals surface area contributed by atoms with E-state index in [1.807, 2.05) is 12.1 Å². The third-order valence-corrected chi connectivity index (χ3v) is 5.18. The van der Waals surface area contributed by atoms with Crippen LogP contribution < -0.4 is 15.5 Å². The van der Waals surface area contributed by atoms with Crippen LogP contribution in [0.3, 0.4) is 0 Å². The molecule has 0 aliphatic carbocycles. The van der Waals surface area contributed by atoms with Gasteiger partial charge in [0.25, 0.3) is 0 Å². The first kappa shape index (κ1) is 23.4. The van der Waals surface area contributed by atoms with E-state index in [9.17, 15) is 22.8 Å². The van der Waals surface area contributed by atoms with Crippen LogP contribution in [0.1, 0.15) is 18.4 Å². The summed E-state index contributed by atoms with van der Waals surface area (Å²) in [6, 6.07) is 5.60. The van der Waals surface area contributed by atoms with E-state index in [4.69, 9.17) is 0 Å². The van der Waals surface area contributed by atoms with E-state index >= 15 is 0 Å². The fraction of sp³-hybridized carbons (Fsp3) is 0.579. The summed E-state index contributed by atoms with van der Waals surface area (Å²) in [5.74, 6) is -0.774. The summed E-state index contributed by atoms with van der Waals surface area (Å²) in [5.41, 5.74) is 1.63. The maximum Gasteiger partial charge on any atom is 0.405 e. The molecule has 10 heteroatoms. The highest BCUT2D eigenvalue weighted by molar-refractivity contribution is 5.99. The van der Waals surface area contributed by atoms with Gasteiger partial charge in [-0.05, 0) is 24.5 Å². The third kappa shape index (κ3) is 6.07. The maximum absolute atomic E-state index is 13.4. The van der Waals surface area contributed by atoms with E-state index in [-0.39, 0.29) is 37.9 Å². The van der Waals surface area contributed by atoms with Crippen LogP contribution in [0.4, 0.5) is 18.9 Å². The van der Waals surface area contributed by atoms with E-state index in [1.54, 1.807) is 12.1 Å². The summed E-state index contributed by atoms with van der Waals surface area (Å²) in [6.45, 7) is 0.725. The van der Waals surface area contributed by atoms with Crippen molar-refractivity contribution < 1.29 is 22.8 Å². The molecule has 0 saturated carbocycles. The molecule has 1 fully saturated rings. The standard InChI is InChI=1S/C19H25F3N4O2.ClH/c20-19(21,22)16(25-10-8-23-9-11-25)12-24-17(27)13-26-15-6-2-1-4-14(15)5-3-7-18(26)28;/h1-2,4,6,16,23H,3,5,7-13H2,(H,24,27);1H. The maximum atomic E-state index is 13.4. The Labute approximate surface area is 174 Å².